The van der Waals surface area contributed by atoms with Crippen LogP contribution in [0, 0.1) is 6.92 Å². The minimum Gasteiger partial charge on any atom is -0.494 e. The molecule has 0 aliphatic rings. The highest BCUT2D eigenvalue weighted by Gasteiger charge is 2.03. The Morgan fingerprint density at radius 3 is 2.67 bits per heavy atom. The van der Waals surface area contributed by atoms with Gasteiger partial charge in [-0.15, -0.1) is 0 Å². The first-order valence-corrected chi connectivity index (χ1v) is 7.26. The topological polar surface area (TPSA) is 38.3 Å². The molecule has 0 heterocycles. The highest BCUT2D eigenvalue weighted by molar-refractivity contribution is 6.30. The fraction of sp³-hybridized carbons (Fsp3) is 0.235. The Labute approximate surface area is 129 Å². The number of aryl methyl sites for hydroxylation is 1. The number of amides is 1. The molecule has 2 aromatic rings. The number of hydrogen-bond acceptors (Lipinski definition) is 2. The highest BCUT2D eigenvalue weighted by Crippen LogP contribution is 2.15. The summed E-state index contributed by atoms with van der Waals surface area (Å²) in [6.07, 6.45) is 1.08. The first-order chi connectivity index (χ1) is 10.1. The van der Waals surface area contributed by atoms with Crippen molar-refractivity contribution >= 4 is 23.2 Å². The zero-order chi connectivity index (χ0) is 15.1. The number of anilines is 1. The third-order valence-electron chi connectivity index (χ3n) is 2.95. The Bertz CT molecular complexity index is 596. The number of nitrogens with one attached hydrogen (secondary N) is 1. The molecule has 0 spiro atoms. The largest absolute Gasteiger partial charge is 0.494 e. The fourth-order valence-electron chi connectivity index (χ4n) is 1.85. The molecule has 0 aromatic heterocycles. The Morgan fingerprint density at radius 1 is 1.19 bits per heavy atom. The van der Waals surface area contributed by atoms with Gasteiger partial charge in [0, 0.05) is 17.1 Å². The summed E-state index contributed by atoms with van der Waals surface area (Å²) < 4.78 is 5.58. The summed E-state index contributed by atoms with van der Waals surface area (Å²) in [6.45, 7) is 2.55. The van der Waals surface area contributed by atoms with E-state index in [0.29, 0.717) is 30.2 Å². The second-order valence-corrected chi connectivity index (χ2v) is 5.26. The second-order valence-electron chi connectivity index (χ2n) is 4.82. The van der Waals surface area contributed by atoms with Gasteiger partial charge in [-0.2, -0.15) is 0 Å². The minimum absolute atomic E-state index is 0.0372. The minimum atomic E-state index is -0.0372. The molecule has 0 saturated heterocycles. The average molecular weight is 304 g/mol. The van der Waals surface area contributed by atoms with E-state index in [-0.39, 0.29) is 5.91 Å². The molecule has 4 heteroatoms. The Balaban J connectivity index is 1.68. The van der Waals surface area contributed by atoms with Crippen molar-refractivity contribution in [3.8, 4) is 5.75 Å². The molecule has 0 aliphatic carbocycles. The molecule has 0 fully saturated rings. The first-order valence-electron chi connectivity index (χ1n) is 6.88. The van der Waals surface area contributed by atoms with E-state index in [4.69, 9.17) is 16.3 Å². The molecule has 2 rings (SSSR count). The summed E-state index contributed by atoms with van der Waals surface area (Å²) in [4.78, 5) is 11.8. The third kappa shape index (κ3) is 5.48. The SMILES string of the molecule is Cc1ccc(OCCCC(=O)Nc2cccc(Cl)c2)cc1. The normalized spacial score (nSPS) is 10.2. The molecule has 0 unspecified atom stereocenters. The van der Waals surface area contributed by atoms with Crippen LogP contribution >= 0.6 is 11.6 Å². The number of benzene rings is 2. The maximum Gasteiger partial charge on any atom is 0.224 e. The van der Waals surface area contributed by atoms with Gasteiger partial charge in [0.15, 0.2) is 0 Å². The Hall–Kier alpha value is -2.00. The maximum atomic E-state index is 11.8. The molecule has 0 bridgehead atoms. The van der Waals surface area contributed by atoms with Gasteiger partial charge in [0.25, 0.3) is 0 Å². The molecule has 0 saturated carbocycles. The molecule has 2 aromatic carbocycles. The van der Waals surface area contributed by atoms with E-state index in [9.17, 15) is 4.79 Å². The van der Waals surface area contributed by atoms with Gasteiger partial charge in [0.1, 0.15) is 5.75 Å². The van der Waals surface area contributed by atoms with E-state index in [1.165, 1.54) is 5.56 Å². The molecule has 3 nitrogen and oxygen atoms in total. The molecule has 1 N–H and O–H groups in total. The first kappa shape index (κ1) is 15.4. The zero-order valence-electron chi connectivity index (χ0n) is 11.9. The van der Waals surface area contributed by atoms with Crippen LogP contribution in [-0.4, -0.2) is 12.5 Å². The zero-order valence-corrected chi connectivity index (χ0v) is 12.7. The second kappa shape index (κ2) is 7.70. The van der Waals surface area contributed by atoms with Crippen LogP contribution in [0.2, 0.25) is 5.02 Å². The smallest absolute Gasteiger partial charge is 0.224 e. The number of hydrogen-bond donors (Lipinski definition) is 1. The van der Waals surface area contributed by atoms with Crippen LogP contribution < -0.4 is 10.1 Å². The van der Waals surface area contributed by atoms with Crippen LogP contribution in [0.4, 0.5) is 5.69 Å². The fourth-order valence-corrected chi connectivity index (χ4v) is 2.04. The third-order valence-corrected chi connectivity index (χ3v) is 3.18. The lowest BCUT2D eigenvalue weighted by atomic mass is 10.2. The van der Waals surface area contributed by atoms with Gasteiger partial charge in [-0.1, -0.05) is 35.4 Å². The average Bonchev–Trinajstić information content (AvgIpc) is 2.45. The molecule has 0 radical (unpaired) electrons. The predicted molar refractivity (Wildman–Crippen MR) is 86.0 cm³/mol. The Morgan fingerprint density at radius 2 is 1.95 bits per heavy atom. The molecule has 1 amide bonds. The molecular weight excluding hydrogens is 286 g/mol. The lowest BCUT2D eigenvalue weighted by Crippen LogP contribution is -2.12. The molecule has 0 atom stereocenters. The standard InChI is InChI=1S/C17H18ClNO2/c1-13-7-9-16(10-8-13)21-11-3-6-17(20)19-15-5-2-4-14(18)12-15/h2,4-5,7-10,12H,3,6,11H2,1H3,(H,19,20). The quantitative estimate of drug-likeness (QED) is 0.801. The summed E-state index contributed by atoms with van der Waals surface area (Å²) in [5.74, 6) is 0.792. The van der Waals surface area contributed by atoms with Crippen molar-refractivity contribution < 1.29 is 9.53 Å². The van der Waals surface area contributed by atoms with Crippen LogP contribution in [0.5, 0.6) is 5.75 Å². The van der Waals surface area contributed by atoms with Crippen LogP contribution in [-0.2, 0) is 4.79 Å². The van der Waals surface area contributed by atoms with Gasteiger partial charge in [0.05, 0.1) is 6.61 Å². The monoisotopic (exact) mass is 303 g/mol. The van der Waals surface area contributed by atoms with Crippen molar-refractivity contribution in [1.29, 1.82) is 0 Å². The van der Waals surface area contributed by atoms with Gasteiger partial charge >= 0.3 is 0 Å². The van der Waals surface area contributed by atoms with Crippen molar-refractivity contribution in [2.24, 2.45) is 0 Å². The number of ether oxygens (including phenoxy) is 1. The van der Waals surface area contributed by atoms with Gasteiger partial charge in [-0.3, -0.25) is 4.79 Å². The van der Waals surface area contributed by atoms with Gasteiger partial charge in [-0.25, -0.2) is 0 Å². The van der Waals surface area contributed by atoms with E-state index in [1.54, 1.807) is 18.2 Å². The number of rotatable bonds is 6. The van der Waals surface area contributed by atoms with E-state index in [0.717, 1.165) is 5.75 Å². The molecule has 110 valence electrons. The lowest BCUT2D eigenvalue weighted by Gasteiger charge is -2.07. The lowest BCUT2D eigenvalue weighted by molar-refractivity contribution is -0.116. The van der Waals surface area contributed by atoms with Crippen molar-refractivity contribution in [1.82, 2.24) is 0 Å². The summed E-state index contributed by atoms with van der Waals surface area (Å²) >= 11 is 5.86. The van der Waals surface area contributed by atoms with E-state index >= 15 is 0 Å². The number of halogens is 1. The van der Waals surface area contributed by atoms with Crippen molar-refractivity contribution in [2.75, 3.05) is 11.9 Å². The van der Waals surface area contributed by atoms with E-state index < -0.39 is 0 Å². The number of carbonyl (C=O) groups is 1. The van der Waals surface area contributed by atoms with Gasteiger partial charge in [-0.05, 0) is 43.7 Å². The molecule has 21 heavy (non-hydrogen) atoms. The van der Waals surface area contributed by atoms with Crippen molar-refractivity contribution in [2.45, 2.75) is 19.8 Å². The van der Waals surface area contributed by atoms with Gasteiger partial charge < -0.3 is 10.1 Å². The maximum absolute atomic E-state index is 11.8. The van der Waals surface area contributed by atoms with Gasteiger partial charge in [0.2, 0.25) is 5.91 Å². The summed E-state index contributed by atoms with van der Waals surface area (Å²) in [6, 6.07) is 15.0. The van der Waals surface area contributed by atoms with Crippen LogP contribution in [0.25, 0.3) is 0 Å². The van der Waals surface area contributed by atoms with Crippen molar-refractivity contribution in [3.63, 3.8) is 0 Å². The number of carbonyl (C=O) groups excluding carboxylic acids is 1. The highest BCUT2D eigenvalue weighted by atomic mass is 35.5. The van der Waals surface area contributed by atoms with E-state index in [1.807, 2.05) is 37.3 Å². The predicted octanol–water partition coefficient (Wildman–Crippen LogP) is 4.45. The van der Waals surface area contributed by atoms with E-state index in [2.05, 4.69) is 5.32 Å². The van der Waals surface area contributed by atoms with Crippen molar-refractivity contribution in [3.05, 3.63) is 59.1 Å². The van der Waals surface area contributed by atoms with Crippen LogP contribution in [0.1, 0.15) is 18.4 Å². The van der Waals surface area contributed by atoms with Crippen LogP contribution in [0.15, 0.2) is 48.5 Å². The summed E-state index contributed by atoms with van der Waals surface area (Å²) in [7, 11) is 0. The molecule has 0 aliphatic heterocycles. The van der Waals surface area contributed by atoms with Crippen LogP contribution in [0.3, 0.4) is 0 Å². The summed E-state index contributed by atoms with van der Waals surface area (Å²) in [5.41, 5.74) is 1.91. The summed E-state index contributed by atoms with van der Waals surface area (Å²) in [5, 5.41) is 3.42. The Kier molecular flexibility index (Phi) is 5.64. The molecular formula is C17H18ClNO2.